The maximum atomic E-state index is 12.3. The lowest BCUT2D eigenvalue weighted by Crippen LogP contribution is -2.42. The molecule has 3 aromatic rings. The summed E-state index contributed by atoms with van der Waals surface area (Å²) >= 11 is 5.88. The predicted molar refractivity (Wildman–Crippen MR) is 104 cm³/mol. The average molecular weight is 400 g/mol. The van der Waals surface area contributed by atoms with Crippen molar-refractivity contribution in [2.24, 2.45) is 0 Å². The van der Waals surface area contributed by atoms with Crippen molar-refractivity contribution in [2.45, 2.75) is 13.3 Å². The van der Waals surface area contributed by atoms with Gasteiger partial charge in [0.25, 0.3) is 5.91 Å². The molecule has 7 nitrogen and oxygen atoms in total. The van der Waals surface area contributed by atoms with Crippen molar-refractivity contribution in [3.8, 4) is 17.2 Å². The van der Waals surface area contributed by atoms with Gasteiger partial charge in [-0.3, -0.25) is 20.4 Å². The maximum Gasteiger partial charge on any atom is 0.273 e. The molecule has 0 bridgehead atoms. The van der Waals surface area contributed by atoms with Crippen LogP contribution >= 0.6 is 11.6 Å². The first kappa shape index (κ1) is 19.4. The summed E-state index contributed by atoms with van der Waals surface area (Å²) in [7, 11) is 1.43. The Morgan fingerprint density at radius 2 is 1.89 bits per heavy atom. The number of halogens is 1. The maximum absolute atomic E-state index is 12.3. The van der Waals surface area contributed by atoms with Gasteiger partial charge in [-0.15, -0.1) is 0 Å². The number of carbonyl (C=O) groups is 2. The first-order valence-electron chi connectivity index (χ1n) is 8.42. The number of hydrogen-bond acceptors (Lipinski definition) is 5. The summed E-state index contributed by atoms with van der Waals surface area (Å²) in [6.45, 7) is 1.74. The van der Waals surface area contributed by atoms with E-state index in [1.807, 2.05) is 30.3 Å². The van der Waals surface area contributed by atoms with Crippen LogP contribution in [0.1, 0.15) is 21.8 Å². The Bertz CT molecular complexity index is 1000. The Morgan fingerprint density at radius 1 is 1.14 bits per heavy atom. The highest BCUT2D eigenvalue weighted by Crippen LogP contribution is 2.23. The highest BCUT2D eigenvalue weighted by molar-refractivity contribution is 6.30. The first-order valence-corrected chi connectivity index (χ1v) is 8.80. The van der Waals surface area contributed by atoms with Gasteiger partial charge in [-0.25, -0.2) is 4.98 Å². The van der Waals surface area contributed by atoms with Crippen LogP contribution in [-0.4, -0.2) is 23.9 Å². The van der Waals surface area contributed by atoms with Crippen molar-refractivity contribution in [1.29, 1.82) is 0 Å². The lowest BCUT2D eigenvalue weighted by Gasteiger charge is -2.10. The number of carbonyl (C=O) groups excluding carboxylic acids is 2. The Kier molecular flexibility index (Phi) is 5.96. The fourth-order valence-corrected chi connectivity index (χ4v) is 2.70. The molecule has 0 unspecified atom stereocenters. The van der Waals surface area contributed by atoms with Crippen molar-refractivity contribution in [2.75, 3.05) is 7.11 Å². The molecule has 1 heterocycles. The highest BCUT2D eigenvalue weighted by Gasteiger charge is 2.17. The van der Waals surface area contributed by atoms with Gasteiger partial charge < -0.3 is 9.15 Å². The molecule has 0 atom stereocenters. The number of ether oxygens (including phenoxy) is 1. The van der Waals surface area contributed by atoms with E-state index in [1.54, 1.807) is 13.0 Å². The van der Waals surface area contributed by atoms with Crippen molar-refractivity contribution < 1.29 is 18.7 Å². The van der Waals surface area contributed by atoms with Gasteiger partial charge in [0.2, 0.25) is 11.8 Å². The van der Waals surface area contributed by atoms with E-state index in [-0.39, 0.29) is 12.0 Å². The van der Waals surface area contributed by atoms with Crippen LogP contribution < -0.4 is 15.6 Å². The average Bonchev–Trinajstić information content (AvgIpc) is 3.07. The molecule has 0 aliphatic rings. The fourth-order valence-electron chi connectivity index (χ4n) is 2.54. The monoisotopic (exact) mass is 399 g/mol. The fraction of sp³-hybridized carbons (Fsp3) is 0.150. The molecule has 0 aliphatic heterocycles. The van der Waals surface area contributed by atoms with E-state index >= 15 is 0 Å². The number of methoxy groups -OCH3 is 1. The van der Waals surface area contributed by atoms with E-state index in [0.717, 1.165) is 5.56 Å². The number of nitrogens with one attached hydrogen (secondary N) is 2. The Morgan fingerprint density at radius 3 is 2.61 bits per heavy atom. The topological polar surface area (TPSA) is 93.5 Å². The van der Waals surface area contributed by atoms with Crippen LogP contribution in [0.3, 0.4) is 0 Å². The van der Waals surface area contributed by atoms with Gasteiger partial charge in [-0.1, -0.05) is 29.8 Å². The summed E-state index contributed by atoms with van der Waals surface area (Å²) in [5.74, 6) is 0.329. The van der Waals surface area contributed by atoms with E-state index in [0.29, 0.717) is 28.1 Å². The molecule has 2 N–H and O–H groups in total. The summed E-state index contributed by atoms with van der Waals surface area (Å²) in [4.78, 5) is 28.8. The zero-order valence-electron chi connectivity index (χ0n) is 15.3. The third kappa shape index (κ3) is 4.50. The van der Waals surface area contributed by atoms with Crippen molar-refractivity contribution in [1.82, 2.24) is 15.8 Å². The van der Waals surface area contributed by atoms with Crippen LogP contribution in [0.25, 0.3) is 11.5 Å². The second kappa shape index (κ2) is 8.58. The second-order valence-electron chi connectivity index (χ2n) is 5.91. The van der Waals surface area contributed by atoms with E-state index in [1.165, 1.54) is 19.2 Å². The molecule has 0 spiro atoms. The standard InChI is InChI=1S/C20H18ClN3O4/c1-12-16(22-20(28-12)13-6-4-3-5-7-13)11-18(25)23-24-19(26)15-9-8-14(21)10-17(15)27-2/h3-10H,11H2,1-2H3,(H,23,25)(H,24,26). The first-order chi connectivity index (χ1) is 13.5. The molecule has 1 aromatic heterocycles. The minimum atomic E-state index is -0.524. The molecule has 0 saturated carbocycles. The van der Waals surface area contributed by atoms with Gasteiger partial charge in [0.05, 0.1) is 24.8 Å². The molecule has 2 aromatic carbocycles. The molecular weight excluding hydrogens is 382 g/mol. The molecule has 144 valence electrons. The lowest BCUT2D eigenvalue weighted by atomic mass is 10.2. The number of nitrogens with zero attached hydrogens (tertiary/aromatic N) is 1. The molecular formula is C20H18ClN3O4. The number of aryl methyl sites for hydroxylation is 1. The van der Waals surface area contributed by atoms with Crippen molar-refractivity contribution in [3.63, 3.8) is 0 Å². The molecule has 8 heteroatoms. The Hall–Kier alpha value is -3.32. The van der Waals surface area contributed by atoms with Crippen LogP contribution in [0.15, 0.2) is 52.9 Å². The van der Waals surface area contributed by atoms with Crippen molar-refractivity contribution >= 4 is 23.4 Å². The second-order valence-corrected chi connectivity index (χ2v) is 6.35. The summed E-state index contributed by atoms with van der Waals surface area (Å²) in [6.07, 6.45) is -0.0415. The Labute approximate surface area is 166 Å². The summed E-state index contributed by atoms with van der Waals surface area (Å²) in [5, 5.41) is 0.438. The van der Waals surface area contributed by atoms with Crippen LogP contribution in [0, 0.1) is 6.92 Å². The summed E-state index contributed by atoms with van der Waals surface area (Å²) < 4.78 is 10.8. The van der Waals surface area contributed by atoms with E-state index in [4.69, 9.17) is 20.8 Å². The number of amides is 2. The van der Waals surface area contributed by atoms with Gasteiger partial charge in [0, 0.05) is 10.6 Å². The smallest absolute Gasteiger partial charge is 0.273 e. The number of hydrogen-bond donors (Lipinski definition) is 2. The van der Waals surface area contributed by atoms with E-state index in [2.05, 4.69) is 15.8 Å². The molecule has 3 rings (SSSR count). The predicted octanol–water partition coefficient (Wildman–Crippen LogP) is 3.32. The van der Waals surface area contributed by atoms with Crippen LogP contribution in [-0.2, 0) is 11.2 Å². The van der Waals surface area contributed by atoms with Crippen LogP contribution in [0.2, 0.25) is 5.02 Å². The molecule has 28 heavy (non-hydrogen) atoms. The van der Waals surface area contributed by atoms with Gasteiger partial charge >= 0.3 is 0 Å². The molecule has 2 amide bonds. The molecule has 0 aliphatic carbocycles. The molecule has 0 fully saturated rings. The quantitative estimate of drug-likeness (QED) is 0.642. The summed E-state index contributed by atoms with van der Waals surface area (Å²) in [5.41, 5.74) is 6.28. The normalized spacial score (nSPS) is 10.4. The molecule has 0 saturated heterocycles. The van der Waals surface area contributed by atoms with Crippen LogP contribution in [0.5, 0.6) is 5.75 Å². The number of oxazole rings is 1. The number of hydrazine groups is 1. The number of rotatable bonds is 5. The minimum absolute atomic E-state index is 0.0415. The van der Waals surface area contributed by atoms with E-state index < -0.39 is 11.8 Å². The largest absolute Gasteiger partial charge is 0.496 e. The van der Waals surface area contributed by atoms with E-state index in [9.17, 15) is 9.59 Å². The van der Waals surface area contributed by atoms with Gasteiger partial charge in [0.15, 0.2) is 0 Å². The van der Waals surface area contributed by atoms with Crippen LogP contribution in [0.4, 0.5) is 0 Å². The Balaban J connectivity index is 1.62. The zero-order chi connectivity index (χ0) is 20.1. The minimum Gasteiger partial charge on any atom is -0.496 e. The SMILES string of the molecule is COc1cc(Cl)ccc1C(=O)NNC(=O)Cc1nc(-c2ccccc2)oc1C. The van der Waals surface area contributed by atoms with Gasteiger partial charge in [0.1, 0.15) is 11.5 Å². The third-order valence-corrected chi connectivity index (χ3v) is 4.20. The van der Waals surface area contributed by atoms with Gasteiger partial charge in [-0.2, -0.15) is 0 Å². The third-order valence-electron chi connectivity index (χ3n) is 3.97. The number of benzene rings is 2. The highest BCUT2D eigenvalue weighted by atomic mass is 35.5. The molecule has 0 radical (unpaired) electrons. The number of aromatic nitrogens is 1. The van der Waals surface area contributed by atoms with Gasteiger partial charge in [-0.05, 0) is 37.3 Å². The summed E-state index contributed by atoms with van der Waals surface area (Å²) in [6, 6.07) is 14.0. The van der Waals surface area contributed by atoms with Crippen molar-refractivity contribution in [3.05, 3.63) is 70.6 Å². The zero-order valence-corrected chi connectivity index (χ0v) is 16.0. The lowest BCUT2D eigenvalue weighted by molar-refractivity contribution is -0.121.